The Morgan fingerprint density at radius 2 is 1.85 bits per heavy atom. The normalized spacial score (nSPS) is 15.1. The predicted octanol–water partition coefficient (Wildman–Crippen LogP) is 3.91. The molecule has 1 aliphatic carbocycles. The molecule has 0 unspecified atom stereocenters. The maximum absolute atomic E-state index is 13.4. The van der Waals surface area contributed by atoms with Crippen LogP contribution in [-0.4, -0.2) is 32.8 Å². The van der Waals surface area contributed by atoms with Crippen molar-refractivity contribution in [2.75, 3.05) is 7.11 Å². The summed E-state index contributed by atoms with van der Waals surface area (Å²) < 4.78 is 18.5. The van der Waals surface area contributed by atoms with Gasteiger partial charge in [-0.3, -0.25) is 4.79 Å². The van der Waals surface area contributed by atoms with E-state index in [1.54, 1.807) is 24.4 Å². The van der Waals surface area contributed by atoms with Gasteiger partial charge in [0.2, 0.25) is 0 Å². The molecule has 1 aromatic carbocycles. The van der Waals surface area contributed by atoms with Gasteiger partial charge in [0.05, 0.1) is 24.2 Å². The van der Waals surface area contributed by atoms with Crippen molar-refractivity contribution in [1.29, 1.82) is 0 Å². The first-order valence-corrected chi connectivity index (χ1v) is 8.89. The van der Waals surface area contributed by atoms with Crippen LogP contribution in [0.15, 0.2) is 36.5 Å². The lowest BCUT2D eigenvalue weighted by Crippen LogP contribution is -2.13. The number of aromatic amines is 1. The van der Waals surface area contributed by atoms with Gasteiger partial charge in [0, 0.05) is 30.5 Å². The van der Waals surface area contributed by atoms with E-state index in [1.807, 2.05) is 0 Å². The molecule has 138 valence electrons. The van der Waals surface area contributed by atoms with Crippen molar-refractivity contribution >= 4 is 5.78 Å². The molecule has 6 nitrogen and oxygen atoms in total. The summed E-state index contributed by atoms with van der Waals surface area (Å²) in [4.78, 5) is 28.2. The molecule has 0 atom stereocenters. The van der Waals surface area contributed by atoms with Crippen LogP contribution in [0.2, 0.25) is 0 Å². The van der Waals surface area contributed by atoms with Gasteiger partial charge in [-0.1, -0.05) is 0 Å². The molecule has 7 heteroatoms. The molecule has 1 fully saturated rings. The molecule has 27 heavy (non-hydrogen) atoms. The second-order valence-electron chi connectivity index (χ2n) is 6.59. The van der Waals surface area contributed by atoms with Crippen LogP contribution < -0.4 is 4.74 Å². The number of nitrogens with one attached hydrogen (secondary N) is 1. The molecule has 0 bridgehead atoms. The Morgan fingerprint density at radius 1 is 1.11 bits per heavy atom. The van der Waals surface area contributed by atoms with Gasteiger partial charge in [0.15, 0.2) is 0 Å². The standard InChI is InChI=1S/C20H19FN4O2/c1-27-20-22-11-10-16(23-20)18-17(12-2-6-14(21)7-3-12)24-19(25-18)13-4-8-15(26)9-5-13/h2-3,6-7,10-11,13H,4-5,8-9H2,1H3,(H,24,25). The lowest BCUT2D eigenvalue weighted by molar-refractivity contribution is -0.120. The van der Waals surface area contributed by atoms with Gasteiger partial charge in [-0.05, 0) is 43.2 Å². The molecule has 0 amide bonds. The number of H-pyrrole nitrogens is 1. The minimum absolute atomic E-state index is 0.194. The van der Waals surface area contributed by atoms with Crippen LogP contribution in [0.1, 0.15) is 37.4 Å². The number of halogens is 1. The van der Waals surface area contributed by atoms with Gasteiger partial charge in [-0.15, -0.1) is 0 Å². The zero-order valence-corrected chi connectivity index (χ0v) is 14.9. The van der Waals surface area contributed by atoms with Crippen LogP contribution in [0.4, 0.5) is 4.39 Å². The molecule has 1 N–H and O–H groups in total. The molecule has 0 aliphatic heterocycles. The number of aromatic nitrogens is 4. The van der Waals surface area contributed by atoms with E-state index in [0.717, 1.165) is 29.9 Å². The largest absolute Gasteiger partial charge is 0.467 e. The van der Waals surface area contributed by atoms with E-state index < -0.39 is 0 Å². The first kappa shape index (κ1) is 17.3. The summed E-state index contributed by atoms with van der Waals surface area (Å²) in [6.45, 7) is 0. The van der Waals surface area contributed by atoms with Crippen molar-refractivity contribution in [3.63, 3.8) is 0 Å². The van der Waals surface area contributed by atoms with Crippen LogP contribution >= 0.6 is 0 Å². The SMILES string of the molecule is COc1nccc(-c2[nH]c(C3CCC(=O)CC3)nc2-c2ccc(F)cc2)n1. The second kappa shape index (κ2) is 7.26. The van der Waals surface area contributed by atoms with Crippen molar-refractivity contribution in [3.05, 3.63) is 48.2 Å². The number of hydrogen-bond acceptors (Lipinski definition) is 5. The van der Waals surface area contributed by atoms with Gasteiger partial charge in [0.25, 0.3) is 0 Å². The Hall–Kier alpha value is -3.09. The summed E-state index contributed by atoms with van der Waals surface area (Å²) in [5, 5.41) is 0. The monoisotopic (exact) mass is 366 g/mol. The number of nitrogens with zero attached hydrogens (tertiary/aromatic N) is 3. The molecular formula is C20H19FN4O2. The van der Waals surface area contributed by atoms with Crippen molar-refractivity contribution in [1.82, 2.24) is 19.9 Å². The van der Waals surface area contributed by atoms with E-state index in [9.17, 15) is 9.18 Å². The third-order valence-electron chi connectivity index (χ3n) is 4.84. The number of ketones is 1. The van der Waals surface area contributed by atoms with Crippen molar-refractivity contribution in [3.8, 4) is 28.7 Å². The predicted molar refractivity (Wildman–Crippen MR) is 97.8 cm³/mol. The number of carbonyl (C=O) groups is 1. The molecule has 1 saturated carbocycles. The van der Waals surface area contributed by atoms with E-state index in [1.165, 1.54) is 19.2 Å². The molecule has 2 aromatic heterocycles. The number of ether oxygens (including phenoxy) is 1. The van der Waals surface area contributed by atoms with Gasteiger partial charge >= 0.3 is 6.01 Å². The maximum atomic E-state index is 13.4. The third-order valence-corrected chi connectivity index (χ3v) is 4.84. The lowest BCUT2D eigenvalue weighted by atomic mass is 9.88. The summed E-state index contributed by atoms with van der Waals surface area (Å²) in [6, 6.07) is 8.25. The Balaban J connectivity index is 1.79. The van der Waals surface area contributed by atoms with E-state index in [2.05, 4.69) is 15.0 Å². The van der Waals surface area contributed by atoms with E-state index in [4.69, 9.17) is 9.72 Å². The topological polar surface area (TPSA) is 80.8 Å². The highest BCUT2D eigenvalue weighted by molar-refractivity contribution is 5.79. The average Bonchev–Trinajstić information content (AvgIpc) is 3.14. The smallest absolute Gasteiger partial charge is 0.316 e. The zero-order chi connectivity index (χ0) is 18.8. The highest BCUT2D eigenvalue weighted by Crippen LogP contribution is 2.35. The van der Waals surface area contributed by atoms with Crippen LogP contribution in [-0.2, 0) is 4.79 Å². The summed E-state index contributed by atoms with van der Waals surface area (Å²) in [7, 11) is 1.51. The van der Waals surface area contributed by atoms with Crippen LogP contribution in [0, 0.1) is 5.82 Å². The molecule has 0 saturated heterocycles. The highest BCUT2D eigenvalue weighted by atomic mass is 19.1. The van der Waals surface area contributed by atoms with Crippen molar-refractivity contribution in [2.24, 2.45) is 0 Å². The van der Waals surface area contributed by atoms with Crippen LogP contribution in [0.25, 0.3) is 22.6 Å². The van der Waals surface area contributed by atoms with Crippen LogP contribution in [0.3, 0.4) is 0 Å². The van der Waals surface area contributed by atoms with Gasteiger partial charge < -0.3 is 9.72 Å². The summed E-state index contributed by atoms with van der Waals surface area (Å²) >= 11 is 0. The molecule has 2 heterocycles. The minimum atomic E-state index is -0.300. The molecule has 4 rings (SSSR count). The van der Waals surface area contributed by atoms with E-state index in [-0.39, 0.29) is 17.7 Å². The Labute approximate surface area is 155 Å². The van der Waals surface area contributed by atoms with Crippen molar-refractivity contribution in [2.45, 2.75) is 31.6 Å². The van der Waals surface area contributed by atoms with Gasteiger partial charge in [-0.2, -0.15) is 4.98 Å². The second-order valence-corrected chi connectivity index (χ2v) is 6.59. The summed E-state index contributed by atoms with van der Waals surface area (Å²) in [5.41, 5.74) is 2.86. The van der Waals surface area contributed by atoms with Crippen molar-refractivity contribution < 1.29 is 13.9 Å². The molecular weight excluding hydrogens is 347 g/mol. The number of Topliss-reactive ketones (excluding diaryl/α,β-unsaturated/α-hetero) is 1. The number of benzene rings is 1. The Kier molecular flexibility index (Phi) is 4.66. The fourth-order valence-electron chi connectivity index (χ4n) is 3.38. The number of rotatable bonds is 4. The zero-order valence-electron chi connectivity index (χ0n) is 14.9. The number of carbonyl (C=O) groups excluding carboxylic acids is 1. The molecule has 0 spiro atoms. The van der Waals surface area contributed by atoms with Crippen LogP contribution in [0.5, 0.6) is 6.01 Å². The van der Waals surface area contributed by atoms with E-state index >= 15 is 0 Å². The molecule has 0 radical (unpaired) electrons. The van der Waals surface area contributed by atoms with E-state index in [0.29, 0.717) is 30.0 Å². The Bertz CT molecular complexity index is 958. The molecule has 1 aliphatic rings. The summed E-state index contributed by atoms with van der Waals surface area (Å²) in [5.74, 6) is 1.02. The number of hydrogen-bond donors (Lipinski definition) is 1. The quantitative estimate of drug-likeness (QED) is 0.757. The number of methoxy groups -OCH3 is 1. The average molecular weight is 366 g/mol. The summed E-state index contributed by atoms with van der Waals surface area (Å²) in [6.07, 6.45) is 4.33. The first-order valence-electron chi connectivity index (χ1n) is 8.89. The van der Waals surface area contributed by atoms with Gasteiger partial charge in [0.1, 0.15) is 17.4 Å². The first-order chi connectivity index (χ1) is 13.1. The number of imidazole rings is 1. The Morgan fingerprint density at radius 3 is 2.56 bits per heavy atom. The fraction of sp³-hybridized carbons (Fsp3) is 0.300. The van der Waals surface area contributed by atoms with Gasteiger partial charge in [-0.25, -0.2) is 14.4 Å². The highest BCUT2D eigenvalue weighted by Gasteiger charge is 2.25. The third kappa shape index (κ3) is 3.58. The minimum Gasteiger partial charge on any atom is -0.467 e. The maximum Gasteiger partial charge on any atom is 0.316 e. The fourth-order valence-corrected chi connectivity index (χ4v) is 3.38. The lowest BCUT2D eigenvalue weighted by Gasteiger charge is -2.18. The molecule has 3 aromatic rings.